The van der Waals surface area contributed by atoms with Crippen molar-refractivity contribution in [3.05, 3.63) is 41.5 Å². The number of fused-ring (bicyclic) bond motifs is 1. The second-order valence-corrected chi connectivity index (χ2v) is 8.25. The van der Waals surface area contributed by atoms with Crippen molar-refractivity contribution in [2.45, 2.75) is 38.1 Å². The van der Waals surface area contributed by atoms with Crippen molar-refractivity contribution in [2.75, 3.05) is 46.1 Å². The third-order valence-electron chi connectivity index (χ3n) is 6.24. The average molecular weight is 381 g/mol. The SMILES string of the molecule is CN(C)C1CCN(CCOc2ccc(-c3cccc(N)n3)c3c2CCC3)CC1. The zero-order chi connectivity index (χ0) is 19.5. The Balaban J connectivity index is 1.39. The largest absolute Gasteiger partial charge is 0.492 e. The van der Waals surface area contributed by atoms with E-state index in [1.807, 2.05) is 18.2 Å². The van der Waals surface area contributed by atoms with Crippen molar-refractivity contribution in [2.24, 2.45) is 0 Å². The number of likely N-dealkylation sites (tertiary alicyclic amines) is 1. The van der Waals surface area contributed by atoms with Crippen LogP contribution in [0.3, 0.4) is 0 Å². The third kappa shape index (κ3) is 4.15. The quantitative estimate of drug-likeness (QED) is 0.834. The van der Waals surface area contributed by atoms with Crippen molar-refractivity contribution in [3.8, 4) is 17.0 Å². The Hall–Kier alpha value is -2.11. The molecule has 0 atom stereocenters. The van der Waals surface area contributed by atoms with Crippen LogP contribution in [-0.4, -0.2) is 61.2 Å². The number of piperidine rings is 1. The van der Waals surface area contributed by atoms with E-state index in [9.17, 15) is 0 Å². The molecule has 5 nitrogen and oxygen atoms in total. The molecule has 0 bridgehead atoms. The van der Waals surface area contributed by atoms with Gasteiger partial charge in [0.1, 0.15) is 18.2 Å². The molecule has 2 N–H and O–H groups in total. The highest BCUT2D eigenvalue weighted by molar-refractivity contribution is 5.69. The number of nitrogen functional groups attached to an aromatic ring is 1. The third-order valence-corrected chi connectivity index (χ3v) is 6.24. The summed E-state index contributed by atoms with van der Waals surface area (Å²) in [5.41, 5.74) is 10.8. The predicted octanol–water partition coefficient (Wildman–Crippen LogP) is 3.22. The number of anilines is 1. The summed E-state index contributed by atoms with van der Waals surface area (Å²) in [7, 11) is 4.37. The minimum absolute atomic E-state index is 0.572. The van der Waals surface area contributed by atoms with Crippen LogP contribution in [0.25, 0.3) is 11.3 Å². The Kier molecular flexibility index (Phi) is 5.83. The maximum absolute atomic E-state index is 6.24. The molecule has 0 unspecified atom stereocenters. The first-order chi connectivity index (χ1) is 13.6. The van der Waals surface area contributed by atoms with E-state index >= 15 is 0 Å². The van der Waals surface area contributed by atoms with Crippen LogP contribution in [0.4, 0.5) is 5.82 Å². The minimum Gasteiger partial charge on any atom is -0.492 e. The molecule has 0 radical (unpaired) electrons. The number of aromatic nitrogens is 1. The molecule has 0 spiro atoms. The van der Waals surface area contributed by atoms with Gasteiger partial charge in [0, 0.05) is 18.2 Å². The molecule has 2 heterocycles. The molecule has 1 saturated heterocycles. The average Bonchev–Trinajstić information content (AvgIpc) is 3.18. The molecule has 2 aromatic rings. The highest BCUT2D eigenvalue weighted by atomic mass is 16.5. The number of ether oxygens (including phenoxy) is 1. The summed E-state index contributed by atoms with van der Waals surface area (Å²) >= 11 is 0. The molecule has 1 aromatic carbocycles. The fourth-order valence-electron chi connectivity index (χ4n) is 4.59. The Morgan fingerprint density at radius 1 is 1.11 bits per heavy atom. The second kappa shape index (κ2) is 8.50. The fourth-order valence-corrected chi connectivity index (χ4v) is 4.59. The fraction of sp³-hybridized carbons (Fsp3) is 0.522. The number of pyridine rings is 1. The van der Waals surface area contributed by atoms with E-state index in [0.717, 1.165) is 43.5 Å². The van der Waals surface area contributed by atoms with E-state index in [1.54, 1.807) is 0 Å². The molecule has 1 aliphatic heterocycles. The van der Waals surface area contributed by atoms with Gasteiger partial charge in [-0.2, -0.15) is 0 Å². The number of hydrogen-bond donors (Lipinski definition) is 1. The lowest BCUT2D eigenvalue weighted by atomic mass is 9.99. The summed E-state index contributed by atoms with van der Waals surface area (Å²) < 4.78 is 6.24. The molecule has 28 heavy (non-hydrogen) atoms. The van der Waals surface area contributed by atoms with Crippen LogP contribution in [0.2, 0.25) is 0 Å². The second-order valence-electron chi connectivity index (χ2n) is 8.25. The Morgan fingerprint density at radius 2 is 1.89 bits per heavy atom. The van der Waals surface area contributed by atoms with Crippen molar-refractivity contribution in [1.29, 1.82) is 0 Å². The van der Waals surface area contributed by atoms with Gasteiger partial charge in [-0.05, 0) is 94.7 Å². The first-order valence-corrected chi connectivity index (χ1v) is 10.5. The monoisotopic (exact) mass is 380 g/mol. The predicted molar refractivity (Wildman–Crippen MR) is 115 cm³/mol. The lowest BCUT2D eigenvalue weighted by Gasteiger charge is -2.35. The standard InChI is InChI=1S/C23H32N4O/c1-26(2)17-11-13-27(14-12-17)15-16-28-22-10-9-19(18-5-3-6-20(18)22)21-7-4-8-23(24)25-21/h4,7-10,17H,3,5-6,11-16H2,1-2H3,(H2,24,25). The van der Waals surface area contributed by atoms with Crippen LogP contribution >= 0.6 is 0 Å². The summed E-state index contributed by atoms with van der Waals surface area (Å²) in [5, 5.41) is 0. The number of hydrogen-bond acceptors (Lipinski definition) is 5. The zero-order valence-electron chi connectivity index (χ0n) is 17.2. The van der Waals surface area contributed by atoms with Gasteiger partial charge in [-0.1, -0.05) is 6.07 Å². The van der Waals surface area contributed by atoms with E-state index in [-0.39, 0.29) is 0 Å². The number of nitrogens with two attached hydrogens (primary N) is 1. The van der Waals surface area contributed by atoms with Crippen LogP contribution in [0, 0.1) is 0 Å². The van der Waals surface area contributed by atoms with Gasteiger partial charge in [-0.25, -0.2) is 4.98 Å². The van der Waals surface area contributed by atoms with Gasteiger partial charge in [0.25, 0.3) is 0 Å². The molecule has 150 valence electrons. The van der Waals surface area contributed by atoms with Crippen LogP contribution in [0.5, 0.6) is 5.75 Å². The van der Waals surface area contributed by atoms with Gasteiger partial charge < -0.3 is 15.4 Å². The molecular formula is C23H32N4O. The highest BCUT2D eigenvalue weighted by Gasteiger charge is 2.22. The first-order valence-electron chi connectivity index (χ1n) is 10.5. The highest BCUT2D eigenvalue weighted by Crippen LogP contribution is 2.37. The summed E-state index contributed by atoms with van der Waals surface area (Å²) in [6.07, 6.45) is 5.88. The number of benzene rings is 1. The molecular weight excluding hydrogens is 348 g/mol. The topological polar surface area (TPSA) is 54.6 Å². The summed E-state index contributed by atoms with van der Waals surface area (Å²) in [5.74, 6) is 1.63. The van der Waals surface area contributed by atoms with Crippen molar-refractivity contribution in [3.63, 3.8) is 0 Å². The smallest absolute Gasteiger partial charge is 0.124 e. The molecule has 1 aliphatic carbocycles. The minimum atomic E-state index is 0.572. The van der Waals surface area contributed by atoms with E-state index in [0.29, 0.717) is 5.82 Å². The zero-order valence-corrected chi connectivity index (χ0v) is 17.2. The van der Waals surface area contributed by atoms with E-state index in [4.69, 9.17) is 10.5 Å². The van der Waals surface area contributed by atoms with E-state index in [1.165, 1.54) is 49.0 Å². The Labute approximate surface area is 168 Å². The lowest BCUT2D eigenvalue weighted by molar-refractivity contribution is 0.128. The summed E-state index contributed by atoms with van der Waals surface area (Å²) in [6, 6.07) is 10.9. The van der Waals surface area contributed by atoms with Gasteiger partial charge in [-0.15, -0.1) is 0 Å². The van der Waals surface area contributed by atoms with Gasteiger partial charge in [0.15, 0.2) is 0 Å². The lowest BCUT2D eigenvalue weighted by Crippen LogP contribution is -2.43. The summed E-state index contributed by atoms with van der Waals surface area (Å²) in [4.78, 5) is 9.41. The maximum atomic E-state index is 6.24. The van der Waals surface area contributed by atoms with Crippen molar-refractivity contribution < 1.29 is 4.74 Å². The Bertz CT molecular complexity index is 812. The molecule has 0 amide bonds. The summed E-state index contributed by atoms with van der Waals surface area (Å²) in [6.45, 7) is 4.11. The first kappa shape index (κ1) is 19.2. The molecule has 5 heteroatoms. The van der Waals surface area contributed by atoms with Gasteiger partial charge in [0.05, 0.1) is 5.69 Å². The maximum Gasteiger partial charge on any atom is 0.124 e. The van der Waals surface area contributed by atoms with Crippen LogP contribution in [0.1, 0.15) is 30.4 Å². The molecule has 4 rings (SSSR count). The van der Waals surface area contributed by atoms with E-state index < -0.39 is 0 Å². The molecule has 2 aliphatic rings. The number of nitrogens with zero attached hydrogens (tertiary/aromatic N) is 3. The van der Waals surface area contributed by atoms with E-state index in [2.05, 4.69) is 41.0 Å². The van der Waals surface area contributed by atoms with Gasteiger partial charge in [0.2, 0.25) is 0 Å². The molecule has 1 aromatic heterocycles. The van der Waals surface area contributed by atoms with Crippen molar-refractivity contribution >= 4 is 5.82 Å². The van der Waals surface area contributed by atoms with Crippen molar-refractivity contribution in [1.82, 2.24) is 14.8 Å². The normalized spacial score (nSPS) is 17.8. The Morgan fingerprint density at radius 3 is 2.64 bits per heavy atom. The van der Waals surface area contributed by atoms with Crippen LogP contribution < -0.4 is 10.5 Å². The van der Waals surface area contributed by atoms with Crippen LogP contribution in [-0.2, 0) is 12.8 Å². The molecule has 0 saturated carbocycles. The number of rotatable bonds is 6. The molecule has 1 fully saturated rings. The van der Waals surface area contributed by atoms with Gasteiger partial charge in [-0.3, -0.25) is 4.90 Å². The van der Waals surface area contributed by atoms with Gasteiger partial charge >= 0.3 is 0 Å². The van der Waals surface area contributed by atoms with Crippen LogP contribution in [0.15, 0.2) is 30.3 Å².